The molecule has 0 radical (unpaired) electrons. The van der Waals surface area contributed by atoms with Crippen LogP contribution in [-0.2, 0) is 14.4 Å². The summed E-state index contributed by atoms with van der Waals surface area (Å²) in [7, 11) is 0. The van der Waals surface area contributed by atoms with E-state index < -0.39 is 24.0 Å². The van der Waals surface area contributed by atoms with Crippen molar-refractivity contribution in [3.8, 4) is 0 Å². The molecule has 1 aromatic heterocycles. The van der Waals surface area contributed by atoms with Gasteiger partial charge in [-0.25, -0.2) is 9.96 Å². The first-order chi connectivity index (χ1) is 14.1. The number of hydrogen-bond acceptors (Lipinski definition) is 5. The van der Waals surface area contributed by atoms with E-state index in [2.05, 4.69) is 0 Å². The number of thiophene rings is 1. The average Bonchev–Trinajstić information content (AvgIpc) is 3.42. The van der Waals surface area contributed by atoms with Crippen LogP contribution in [0.3, 0.4) is 0 Å². The van der Waals surface area contributed by atoms with Gasteiger partial charge in [0.15, 0.2) is 6.10 Å². The van der Waals surface area contributed by atoms with E-state index in [4.69, 9.17) is 28.0 Å². The highest BCUT2D eigenvalue weighted by atomic mass is 35.5. The molecule has 0 spiro atoms. The standard InChI is InChI=1S/C21H14Cl2N2O3S/c22-13-8-4-9-14(23)17(13)24-20(26)16-18(15-10-5-11-29-15)25(28-19(16)21(24)27)12-6-2-1-3-7-12/h1-11,16,18-19H/t16-,18+,19+/m0/s1. The van der Waals surface area contributed by atoms with E-state index in [1.165, 1.54) is 11.3 Å². The van der Waals surface area contributed by atoms with Crippen molar-refractivity contribution in [1.82, 2.24) is 0 Å². The predicted octanol–water partition coefficient (Wildman–Crippen LogP) is 5.11. The monoisotopic (exact) mass is 444 g/mol. The lowest BCUT2D eigenvalue weighted by Crippen LogP contribution is -2.37. The van der Waals surface area contributed by atoms with Crippen molar-refractivity contribution < 1.29 is 14.4 Å². The van der Waals surface area contributed by atoms with Crippen molar-refractivity contribution >= 4 is 57.7 Å². The second kappa shape index (κ2) is 7.15. The van der Waals surface area contributed by atoms with Crippen LogP contribution in [0.4, 0.5) is 11.4 Å². The van der Waals surface area contributed by atoms with E-state index in [0.717, 1.165) is 15.5 Å². The molecule has 2 amide bonds. The van der Waals surface area contributed by atoms with Crippen LogP contribution in [0.5, 0.6) is 0 Å². The summed E-state index contributed by atoms with van der Waals surface area (Å²) < 4.78 is 0. The van der Waals surface area contributed by atoms with Crippen LogP contribution in [0.2, 0.25) is 10.0 Å². The molecular weight excluding hydrogens is 431 g/mol. The number of carbonyl (C=O) groups excluding carboxylic acids is 2. The van der Waals surface area contributed by atoms with Gasteiger partial charge in [0.1, 0.15) is 12.0 Å². The third-order valence-electron chi connectivity index (χ3n) is 5.12. The van der Waals surface area contributed by atoms with Gasteiger partial charge < -0.3 is 0 Å². The van der Waals surface area contributed by atoms with E-state index in [1.807, 2.05) is 47.8 Å². The Morgan fingerprint density at radius 2 is 1.59 bits per heavy atom. The van der Waals surface area contributed by atoms with Crippen LogP contribution in [0, 0.1) is 5.92 Å². The average molecular weight is 445 g/mol. The molecule has 0 bridgehead atoms. The van der Waals surface area contributed by atoms with Gasteiger partial charge in [-0.15, -0.1) is 11.3 Å². The van der Waals surface area contributed by atoms with E-state index in [9.17, 15) is 9.59 Å². The molecular formula is C21H14Cl2N2O3S. The summed E-state index contributed by atoms with van der Waals surface area (Å²) in [6, 6.07) is 17.8. The molecule has 3 atom stereocenters. The molecule has 3 aromatic rings. The third-order valence-corrected chi connectivity index (χ3v) is 6.67. The lowest BCUT2D eigenvalue weighted by Gasteiger charge is -2.28. The number of imide groups is 1. The Kier molecular flexibility index (Phi) is 4.59. The van der Waals surface area contributed by atoms with Gasteiger partial charge in [0.05, 0.1) is 21.4 Å². The maximum atomic E-state index is 13.5. The van der Waals surface area contributed by atoms with Gasteiger partial charge in [-0.1, -0.05) is 53.5 Å². The summed E-state index contributed by atoms with van der Waals surface area (Å²) in [6.45, 7) is 0. The van der Waals surface area contributed by atoms with Crippen LogP contribution < -0.4 is 9.96 Å². The molecule has 29 heavy (non-hydrogen) atoms. The first kappa shape index (κ1) is 18.6. The highest BCUT2D eigenvalue weighted by Gasteiger charge is 2.61. The number of halogens is 2. The molecule has 2 aromatic carbocycles. The first-order valence-corrected chi connectivity index (χ1v) is 10.6. The first-order valence-electron chi connectivity index (χ1n) is 8.94. The number of nitrogens with zero attached hydrogens (tertiary/aromatic N) is 2. The molecule has 3 heterocycles. The molecule has 0 saturated carbocycles. The van der Waals surface area contributed by atoms with E-state index >= 15 is 0 Å². The molecule has 0 N–H and O–H groups in total. The summed E-state index contributed by atoms with van der Waals surface area (Å²) in [4.78, 5) is 34.8. The molecule has 2 aliphatic heterocycles. The van der Waals surface area contributed by atoms with Crippen molar-refractivity contribution in [2.24, 2.45) is 5.92 Å². The maximum absolute atomic E-state index is 13.5. The van der Waals surface area contributed by atoms with Gasteiger partial charge >= 0.3 is 0 Å². The predicted molar refractivity (Wildman–Crippen MR) is 113 cm³/mol. The van der Waals surface area contributed by atoms with E-state index in [1.54, 1.807) is 23.3 Å². The summed E-state index contributed by atoms with van der Waals surface area (Å²) in [5.74, 6) is -1.53. The normalized spacial score (nSPS) is 23.7. The molecule has 2 saturated heterocycles. The fourth-order valence-electron chi connectivity index (χ4n) is 3.88. The van der Waals surface area contributed by atoms with Crippen molar-refractivity contribution in [2.45, 2.75) is 12.1 Å². The fourth-order valence-corrected chi connectivity index (χ4v) is 5.30. The van der Waals surface area contributed by atoms with Gasteiger partial charge in [0.25, 0.3) is 5.91 Å². The van der Waals surface area contributed by atoms with Crippen molar-refractivity contribution in [3.63, 3.8) is 0 Å². The van der Waals surface area contributed by atoms with E-state index in [0.29, 0.717) is 0 Å². The zero-order valence-electron chi connectivity index (χ0n) is 14.9. The largest absolute Gasteiger partial charge is 0.273 e. The zero-order chi connectivity index (χ0) is 20.1. The zero-order valence-corrected chi connectivity index (χ0v) is 17.2. The van der Waals surface area contributed by atoms with Gasteiger partial charge in [-0.2, -0.15) is 0 Å². The maximum Gasteiger partial charge on any atom is 0.266 e. The minimum Gasteiger partial charge on any atom is -0.273 e. The van der Waals surface area contributed by atoms with E-state index in [-0.39, 0.29) is 21.6 Å². The number of hydrogen-bond donors (Lipinski definition) is 0. The Morgan fingerprint density at radius 1 is 0.862 bits per heavy atom. The van der Waals surface area contributed by atoms with Gasteiger partial charge in [-0.05, 0) is 35.7 Å². The second-order valence-electron chi connectivity index (χ2n) is 6.76. The van der Waals surface area contributed by atoms with Gasteiger partial charge in [-0.3, -0.25) is 14.4 Å². The Morgan fingerprint density at radius 3 is 2.24 bits per heavy atom. The van der Waals surface area contributed by atoms with Crippen molar-refractivity contribution in [3.05, 3.63) is 81.0 Å². The highest BCUT2D eigenvalue weighted by Crippen LogP contribution is 2.50. The highest BCUT2D eigenvalue weighted by molar-refractivity contribution is 7.10. The molecule has 2 aliphatic rings. The number of hydroxylamine groups is 1. The quantitative estimate of drug-likeness (QED) is 0.526. The topological polar surface area (TPSA) is 49.9 Å². The minimum atomic E-state index is -0.942. The fraction of sp³-hybridized carbons (Fsp3) is 0.143. The lowest BCUT2D eigenvalue weighted by atomic mass is 9.95. The molecule has 8 heteroatoms. The Hall–Kier alpha value is -2.38. The molecule has 146 valence electrons. The lowest BCUT2D eigenvalue weighted by molar-refractivity contribution is -0.126. The Labute approximate surface area is 181 Å². The SMILES string of the molecule is O=C1[C@H]2[C@@H](c3cccs3)N(c3ccccc3)O[C@H]2C(=O)N1c1c(Cl)cccc1Cl. The molecule has 5 nitrogen and oxygen atoms in total. The summed E-state index contributed by atoms with van der Waals surface area (Å²) in [6.07, 6.45) is -0.942. The number of carbonyl (C=O) groups is 2. The summed E-state index contributed by atoms with van der Waals surface area (Å²) in [5, 5.41) is 4.09. The third kappa shape index (κ3) is 2.87. The smallest absolute Gasteiger partial charge is 0.266 e. The summed E-state index contributed by atoms with van der Waals surface area (Å²) in [5.41, 5.74) is 0.989. The number of amides is 2. The Bertz CT molecular complexity index is 1070. The van der Waals surface area contributed by atoms with Crippen LogP contribution in [-0.4, -0.2) is 17.9 Å². The molecule has 0 aliphatic carbocycles. The van der Waals surface area contributed by atoms with Crippen LogP contribution in [0.15, 0.2) is 66.0 Å². The molecule has 2 fully saturated rings. The minimum absolute atomic E-state index is 0.208. The summed E-state index contributed by atoms with van der Waals surface area (Å²) >= 11 is 14.1. The Balaban J connectivity index is 1.60. The van der Waals surface area contributed by atoms with Crippen LogP contribution in [0.1, 0.15) is 10.9 Å². The van der Waals surface area contributed by atoms with Gasteiger partial charge in [0.2, 0.25) is 5.91 Å². The van der Waals surface area contributed by atoms with Gasteiger partial charge in [0, 0.05) is 4.88 Å². The second-order valence-corrected chi connectivity index (χ2v) is 8.55. The number of benzene rings is 2. The van der Waals surface area contributed by atoms with Crippen molar-refractivity contribution in [1.29, 1.82) is 0 Å². The van der Waals surface area contributed by atoms with Crippen LogP contribution in [0.25, 0.3) is 0 Å². The van der Waals surface area contributed by atoms with Crippen LogP contribution >= 0.6 is 34.5 Å². The number of para-hydroxylation sites is 2. The molecule has 5 rings (SSSR count). The number of fused-ring (bicyclic) bond motifs is 1. The molecule has 0 unspecified atom stereocenters. The number of rotatable bonds is 3. The van der Waals surface area contributed by atoms with Crippen molar-refractivity contribution in [2.75, 3.05) is 9.96 Å². The number of anilines is 2.